The molecule has 1 amide bonds. The van der Waals surface area contributed by atoms with Crippen molar-refractivity contribution in [2.75, 3.05) is 6.79 Å². The van der Waals surface area contributed by atoms with Crippen LogP contribution < -0.4 is 14.8 Å². The van der Waals surface area contributed by atoms with Crippen molar-refractivity contribution >= 4 is 11.9 Å². The van der Waals surface area contributed by atoms with Crippen molar-refractivity contribution < 1.29 is 23.8 Å². The monoisotopic (exact) mass is 291 g/mol. The first kappa shape index (κ1) is 13.7. The van der Waals surface area contributed by atoms with Gasteiger partial charge in [0.1, 0.15) is 5.60 Å². The molecule has 2 aliphatic heterocycles. The molecule has 0 aromatic heterocycles. The minimum absolute atomic E-state index is 0.125. The van der Waals surface area contributed by atoms with Crippen LogP contribution in [0.2, 0.25) is 0 Å². The van der Waals surface area contributed by atoms with Crippen LogP contribution >= 0.6 is 0 Å². The molecule has 1 aromatic carbocycles. The van der Waals surface area contributed by atoms with Gasteiger partial charge in [0.15, 0.2) is 11.5 Å². The molecule has 2 aliphatic rings. The molecule has 112 valence electrons. The number of carbonyl (C=O) groups excluding carboxylic acids is 2. The maximum absolute atomic E-state index is 12.2. The van der Waals surface area contributed by atoms with E-state index in [1.165, 1.54) is 0 Å². The number of benzene rings is 1. The average Bonchev–Trinajstić information content (AvgIpc) is 2.98. The van der Waals surface area contributed by atoms with Gasteiger partial charge in [-0.05, 0) is 31.5 Å². The molecule has 6 heteroatoms. The zero-order valence-electron chi connectivity index (χ0n) is 12.0. The van der Waals surface area contributed by atoms with Gasteiger partial charge in [-0.1, -0.05) is 6.07 Å². The van der Waals surface area contributed by atoms with Crippen molar-refractivity contribution in [3.05, 3.63) is 23.8 Å². The van der Waals surface area contributed by atoms with E-state index in [0.717, 1.165) is 5.56 Å². The van der Waals surface area contributed by atoms with Crippen LogP contribution in [-0.4, -0.2) is 24.3 Å². The summed E-state index contributed by atoms with van der Waals surface area (Å²) in [5.74, 6) is 0.424. The Hall–Kier alpha value is -2.24. The first-order valence-electron chi connectivity index (χ1n) is 6.84. The molecule has 1 fully saturated rings. The number of rotatable bonds is 3. The van der Waals surface area contributed by atoms with Crippen molar-refractivity contribution in [1.29, 1.82) is 0 Å². The van der Waals surface area contributed by atoms with E-state index in [4.69, 9.17) is 14.2 Å². The summed E-state index contributed by atoms with van der Waals surface area (Å²) in [6.07, 6.45) is 0.125. The van der Waals surface area contributed by atoms with E-state index in [-0.39, 0.29) is 25.1 Å². The molecule has 2 heterocycles. The highest BCUT2D eigenvalue weighted by Crippen LogP contribution is 2.34. The molecule has 0 saturated carbocycles. The number of carbonyl (C=O) groups is 2. The highest BCUT2D eigenvalue weighted by molar-refractivity contribution is 5.87. The van der Waals surface area contributed by atoms with E-state index in [0.29, 0.717) is 18.0 Å². The first-order valence-corrected chi connectivity index (χ1v) is 6.84. The molecule has 0 radical (unpaired) electrons. The lowest BCUT2D eigenvalue weighted by molar-refractivity contribution is -0.147. The average molecular weight is 291 g/mol. The van der Waals surface area contributed by atoms with E-state index in [1.807, 2.05) is 18.2 Å². The molecule has 6 nitrogen and oxygen atoms in total. The SMILES string of the molecule is CC1(C)OC(=O)C[C@@H]1C(=O)NCc1ccc2c(c1)OCO2. The summed E-state index contributed by atoms with van der Waals surface area (Å²) < 4.78 is 15.7. The van der Waals surface area contributed by atoms with Gasteiger partial charge >= 0.3 is 5.97 Å². The second kappa shape index (κ2) is 4.95. The third-order valence-electron chi connectivity index (χ3n) is 3.81. The summed E-state index contributed by atoms with van der Waals surface area (Å²) in [7, 11) is 0. The van der Waals surface area contributed by atoms with E-state index < -0.39 is 11.5 Å². The van der Waals surface area contributed by atoms with Crippen molar-refractivity contribution in [1.82, 2.24) is 5.32 Å². The maximum atomic E-state index is 12.2. The predicted molar refractivity (Wildman–Crippen MR) is 72.7 cm³/mol. The Labute approximate surface area is 122 Å². The van der Waals surface area contributed by atoms with Gasteiger partial charge in [0.25, 0.3) is 0 Å². The molecular weight excluding hydrogens is 274 g/mol. The normalized spacial score (nSPS) is 22.0. The van der Waals surface area contributed by atoms with Gasteiger partial charge < -0.3 is 19.5 Å². The summed E-state index contributed by atoms with van der Waals surface area (Å²) in [5, 5.41) is 2.84. The number of esters is 1. The molecule has 1 aromatic rings. The minimum Gasteiger partial charge on any atom is -0.459 e. The van der Waals surface area contributed by atoms with Gasteiger partial charge in [0, 0.05) is 6.54 Å². The fraction of sp³-hybridized carbons (Fsp3) is 0.467. The van der Waals surface area contributed by atoms with Crippen LogP contribution in [0.25, 0.3) is 0 Å². The second-order valence-electron chi connectivity index (χ2n) is 5.74. The molecule has 0 spiro atoms. The summed E-state index contributed by atoms with van der Waals surface area (Å²) in [6.45, 7) is 4.10. The highest BCUT2D eigenvalue weighted by atomic mass is 16.7. The zero-order chi connectivity index (χ0) is 15.0. The van der Waals surface area contributed by atoms with Gasteiger partial charge in [-0.25, -0.2) is 0 Å². The largest absolute Gasteiger partial charge is 0.459 e. The standard InChI is InChI=1S/C15H17NO5/c1-15(2)10(6-13(17)21-15)14(18)16-7-9-3-4-11-12(5-9)20-8-19-11/h3-5,10H,6-8H2,1-2H3,(H,16,18)/t10-/m1/s1. The zero-order valence-corrected chi connectivity index (χ0v) is 12.0. The number of nitrogens with one attached hydrogen (secondary N) is 1. The topological polar surface area (TPSA) is 73.9 Å². The summed E-state index contributed by atoms with van der Waals surface area (Å²) >= 11 is 0. The van der Waals surface area contributed by atoms with Crippen LogP contribution in [0.5, 0.6) is 11.5 Å². The van der Waals surface area contributed by atoms with Crippen LogP contribution in [0.3, 0.4) is 0 Å². The van der Waals surface area contributed by atoms with Crippen LogP contribution in [0.15, 0.2) is 18.2 Å². The van der Waals surface area contributed by atoms with Crippen LogP contribution in [-0.2, 0) is 20.9 Å². The van der Waals surface area contributed by atoms with Crippen LogP contribution in [0.1, 0.15) is 25.8 Å². The Bertz CT molecular complexity index is 596. The van der Waals surface area contributed by atoms with Crippen molar-refractivity contribution in [2.45, 2.75) is 32.4 Å². The number of amides is 1. The molecule has 1 N–H and O–H groups in total. The molecule has 3 rings (SSSR count). The molecule has 0 unspecified atom stereocenters. The molecule has 21 heavy (non-hydrogen) atoms. The third kappa shape index (κ3) is 2.66. The summed E-state index contributed by atoms with van der Waals surface area (Å²) in [5.41, 5.74) is 0.159. The first-order chi connectivity index (χ1) is 9.95. The van der Waals surface area contributed by atoms with Gasteiger partial charge in [-0.15, -0.1) is 0 Å². The molecule has 1 atom stereocenters. The summed E-state index contributed by atoms with van der Waals surface area (Å²) in [6, 6.07) is 5.52. The highest BCUT2D eigenvalue weighted by Gasteiger charge is 2.45. The lowest BCUT2D eigenvalue weighted by atomic mass is 9.90. The summed E-state index contributed by atoms with van der Waals surface area (Å²) in [4.78, 5) is 23.6. The van der Waals surface area contributed by atoms with Gasteiger partial charge in [0.05, 0.1) is 12.3 Å². The molecule has 0 bridgehead atoms. The number of fused-ring (bicyclic) bond motifs is 1. The molecular formula is C15H17NO5. The lowest BCUT2D eigenvalue weighted by Crippen LogP contribution is -2.40. The second-order valence-corrected chi connectivity index (χ2v) is 5.74. The van der Waals surface area contributed by atoms with Crippen molar-refractivity contribution in [2.24, 2.45) is 5.92 Å². The van der Waals surface area contributed by atoms with Crippen LogP contribution in [0.4, 0.5) is 0 Å². The Kier molecular flexibility index (Phi) is 3.23. The predicted octanol–water partition coefficient (Wildman–Crippen LogP) is 1.37. The molecule has 1 saturated heterocycles. The quantitative estimate of drug-likeness (QED) is 0.851. The Balaban J connectivity index is 1.62. The number of ether oxygens (including phenoxy) is 3. The smallest absolute Gasteiger partial charge is 0.307 e. The lowest BCUT2D eigenvalue weighted by Gasteiger charge is -2.23. The number of hydrogen-bond acceptors (Lipinski definition) is 5. The number of hydrogen-bond donors (Lipinski definition) is 1. The Morgan fingerprint density at radius 1 is 1.33 bits per heavy atom. The van der Waals surface area contributed by atoms with Crippen LogP contribution in [0, 0.1) is 5.92 Å². The van der Waals surface area contributed by atoms with Gasteiger partial charge in [-0.3, -0.25) is 9.59 Å². The van der Waals surface area contributed by atoms with E-state index in [1.54, 1.807) is 13.8 Å². The van der Waals surface area contributed by atoms with E-state index in [2.05, 4.69) is 5.32 Å². The van der Waals surface area contributed by atoms with Crippen molar-refractivity contribution in [3.8, 4) is 11.5 Å². The minimum atomic E-state index is -0.754. The Morgan fingerprint density at radius 2 is 2.10 bits per heavy atom. The Morgan fingerprint density at radius 3 is 2.81 bits per heavy atom. The fourth-order valence-electron chi connectivity index (χ4n) is 2.59. The van der Waals surface area contributed by atoms with E-state index >= 15 is 0 Å². The van der Waals surface area contributed by atoms with E-state index in [9.17, 15) is 9.59 Å². The third-order valence-corrected chi connectivity index (χ3v) is 3.81. The molecule has 0 aliphatic carbocycles. The fourth-order valence-corrected chi connectivity index (χ4v) is 2.59. The van der Waals surface area contributed by atoms with Crippen molar-refractivity contribution in [3.63, 3.8) is 0 Å². The van der Waals surface area contributed by atoms with Gasteiger partial charge in [0.2, 0.25) is 12.7 Å². The van der Waals surface area contributed by atoms with Gasteiger partial charge in [-0.2, -0.15) is 0 Å². The maximum Gasteiger partial charge on any atom is 0.307 e. The number of cyclic esters (lactones) is 1.